The van der Waals surface area contributed by atoms with Gasteiger partial charge in [0.25, 0.3) is 0 Å². The molecular formula is C21H27N5O3S. The monoisotopic (exact) mass is 429 g/mol. The standard InChI is InChI=1S/C21H27N5O3S/c1-2-29-17-9-7-15(8-10-17)13-22-19(28)16-5-3-11-25(14-16)20-23-24-21(30-20)26-12-4-6-18(26)27/h7-10,16H,2-6,11-14H2,1H3,(H,22,28)/t16-/m1/s1. The zero-order valence-corrected chi connectivity index (χ0v) is 18.0. The average Bonchev–Trinajstić information content (AvgIpc) is 3.42. The topological polar surface area (TPSA) is 87.7 Å². The van der Waals surface area contributed by atoms with E-state index in [9.17, 15) is 9.59 Å². The first kappa shape index (κ1) is 20.6. The van der Waals surface area contributed by atoms with Gasteiger partial charge < -0.3 is 15.0 Å². The maximum absolute atomic E-state index is 12.7. The number of hydrogen-bond donors (Lipinski definition) is 1. The summed E-state index contributed by atoms with van der Waals surface area (Å²) in [6.07, 6.45) is 3.24. The third kappa shape index (κ3) is 4.72. The number of nitrogens with zero attached hydrogens (tertiary/aromatic N) is 4. The number of ether oxygens (including phenoxy) is 1. The molecule has 2 aromatic rings. The van der Waals surface area contributed by atoms with E-state index in [0.717, 1.165) is 42.3 Å². The predicted octanol–water partition coefficient (Wildman–Crippen LogP) is 2.60. The lowest BCUT2D eigenvalue weighted by atomic mass is 9.97. The number of amides is 2. The van der Waals surface area contributed by atoms with Crippen LogP contribution >= 0.6 is 11.3 Å². The molecule has 0 bridgehead atoms. The van der Waals surface area contributed by atoms with Gasteiger partial charge in [-0.05, 0) is 43.9 Å². The first-order valence-electron chi connectivity index (χ1n) is 10.5. The number of aromatic nitrogens is 2. The summed E-state index contributed by atoms with van der Waals surface area (Å²) in [5, 5.41) is 13.0. The Kier molecular flexibility index (Phi) is 6.47. The molecule has 2 aliphatic heterocycles. The lowest BCUT2D eigenvalue weighted by molar-refractivity contribution is -0.125. The summed E-state index contributed by atoms with van der Waals surface area (Å²) in [6, 6.07) is 7.79. The first-order chi connectivity index (χ1) is 14.6. The van der Waals surface area contributed by atoms with Gasteiger partial charge in [-0.3, -0.25) is 14.5 Å². The van der Waals surface area contributed by atoms with E-state index in [2.05, 4.69) is 20.4 Å². The largest absolute Gasteiger partial charge is 0.494 e. The van der Waals surface area contributed by atoms with Crippen molar-refractivity contribution >= 4 is 33.4 Å². The molecule has 3 heterocycles. The van der Waals surface area contributed by atoms with Crippen molar-refractivity contribution in [3.63, 3.8) is 0 Å². The zero-order chi connectivity index (χ0) is 20.9. The van der Waals surface area contributed by atoms with Crippen LogP contribution in [0.15, 0.2) is 24.3 Å². The summed E-state index contributed by atoms with van der Waals surface area (Å²) in [5.74, 6) is 0.931. The van der Waals surface area contributed by atoms with Crippen LogP contribution in [0.4, 0.5) is 10.3 Å². The second-order valence-electron chi connectivity index (χ2n) is 7.60. The van der Waals surface area contributed by atoms with Gasteiger partial charge in [-0.1, -0.05) is 23.5 Å². The lowest BCUT2D eigenvalue weighted by Crippen LogP contribution is -2.43. The molecule has 1 N–H and O–H groups in total. The molecule has 1 atom stereocenters. The van der Waals surface area contributed by atoms with E-state index in [1.54, 1.807) is 4.90 Å². The molecule has 9 heteroatoms. The summed E-state index contributed by atoms with van der Waals surface area (Å²) in [4.78, 5) is 28.5. The van der Waals surface area contributed by atoms with E-state index in [4.69, 9.17) is 4.74 Å². The number of carbonyl (C=O) groups is 2. The van der Waals surface area contributed by atoms with Crippen LogP contribution in [0.3, 0.4) is 0 Å². The highest BCUT2D eigenvalue weighted by molar-refractivity contribution is 7.19. The van der Waals surface area contributed by atoms with Crippen molar-refractivity contribution in [2.45, 2.75) is 39.2 Å². The maximum atomic E-state index is 12.7. The van der Waals surface area contributed by atoms with E-state index in [-0.39, 0.29) is 17.7 Å². The molecule has 1 aromatic heterocycles. The minimum absolute atomic E-state index is 0.0630. The Morgan fingerprint density at radius 3 is 2.73 bits per heavy atom. The highest BCUT2D eigenvalue weighted by Crippen LogP contribution is 2.32. The molecule has 0 saturated carbocycles. The van der Waals surface area contributed by atoms with Crippen molar-refractivity contribution in [1.29, 1.82) is 0 Å². The molecular weight excluding hydrogens is 402 g/mol. The third-order valence-electron chi connectivity index (χ3n) is 5.47. The van der Waals surface area contributed by atoms with Gasteiger partial charge in [-0.2, -0.15) is 0 Å². The smallest absolute Gasteiger partial charge is 0.228 e. The normalized spacial score (nSPS) is 19.2. The summed E-state index contributed by atoms with van der Waals surface area (Å²) >= 11 is 1.43. The number of anilines is 2. The number of piperidine rings is 1. The molecule has 160 valence electrons. The molecule has 2 amide bonds. The van der Waals surface area contributed by atoms with Gasteiger partial charge in [0.05, 0.1) is 12.5 Å². The van der Waals surface area contributed by atoms with Crippen molar-refractivity contribution in [2.75, 3.05) is 36.0 Å². The van der Waals surface area contributed by atoms with Gasteiger partial charge in [-0.25, -0.2) is 0 Å². The number of rotatable bonds is 7. The Bertz CT molecular complexity index is 885. The Hall–Kier alpha value is -2.68. The molecule has 1 aromatic carbocycles. The van der Waals surface area contributed by atoms with Crippen LogP contribution in [0.5, 0.6) is 5.75 Å². The Balaban J connectivity index is 1.31. The minimum Gasteiger partial charge on any atom is -0.494 e. The van der Waals surface area contributed by atoms with Gasteiger partial charge >= 0.3 is 0 Å². The highest BCUT2D eigenvalue weighted by atomic mass is 32.1. The average molecular weight is 430 g/mol. The van der Waals surface area contributed by atoms with E-state index in [1.165, 1.54) is 11.3 Å². The van der Waals surface area contributed by atoms with E-state index in [0.29, 0.717) is 37.8 Å². The van der Waals surface area contributed by atoms with Crippen LogP contribution in [0.25, 0.3) is 0 Å². The lowest BCUT2D eigenvalue weighted by Gasteiger charge is -2.31. The molecule has 0 unspecified atom stereocenters. The number of hydrogen-bond acceptors (Lipinski definition) is 7. The van der Waals surface area contributed by atoms with Crippen LogP contribution in [0.1, 0.15) is 38.2 Å². The summed E-state index contributed by atoms with van der Waals surface area (Å²) < 4.78 is 5.45. The van der Waals surface area contributed by atoms with E-state index >= 15 is 0 Å². The minimum atomic E-state index is -0.0813. The Morgan fingerprint density at radius 1 is 1.20 bits per heavy atom. The van der Waals surface area contributed by atoms with Gasteiger partial charge in [0.1, 0.15) is 5.75 Å². The van der Waals surface area contributed by atoms with Crippen LogP contribution in [0, 0.1) is 5.92 Å². The third-order valence-corrected chi connectivity index (χ3v) is 6.48. The van der Waals surface area contributed by atoms with Crippen LogP contribution < -0.4 is 19.9 Å². The fourth-order valence-corrected chi connectivity index (χ4v) is 4.79. The molecule has 8 nitrogen and oxygen atoms in total. The number of nitrogens with one attached hydrogen (secondary N) is 1. The fourth-order valence-electron chi connectivity index (χ4n) is 3.86. The second-order valence-corrected chi connectivity index (χ2v) is 8.53. The van der Waals surface area contributed by atoms with Crippen molar-refractivity contribution < 1.29 is 14.3 Å². The first-order valence-corrected chi connectivity index (χ1v) is 11.3. The van der Waals surface area contributed by atoms with Crippen LogP contribution in [0.2, 0.25) is 0 Å². The van der Waals surface area contributed by atoms with Crippen LogP contribution in [-0.4, -0.2) is 48.3 Å². The Labute approximate surface area is 180 Å². The van der Waals surface area contributed by atoms with Gasteiger partial charge in [-0.15, -0.1) is 10.2 Å². The van der Waals surface area contributed by atoms with Crippen molar-refractivity contribution in [2.24, 2.45) is 5.92 Å². The molecule has 2 aliphatic rings. The predicted molar refractivity (Wildman–Crippen MR) is 116 cm³/mol. The Morgan fingerprint density at radius 2 is 2.00 bits per heavy atom. The quantitative estimate of drug-likeness (QED) is 0.728. The van der Waals surface area contributed by atoms with E-state index in [1.807, 2.05) is 31.2 Å². The van der Waals surface area contributed by atoms with Gasteiger partial charge in [0, 0.05) is 32.6 Å². The van der Waals surface area contributed by atoms with E-state index < -0.39 is 0 Å². The molecule has 30 heavy (non-hydrogen) atoms. The number of carbonyl (C=O) groups excluding carboxylic acids is 2. The summed E-state index contributed by atoms with van der Waals surface area (Å²) in [5.41, 5.74) is 1.04. The maximum Gasteiger partial charge on any atom is 0.228 e. The SMILES string of the molecule is CCOc1ccc(CNC(=O)[C@@H]2CCCN(c3nnc(N4CCCC4=O)s3)C2)cc1. The van der Waals surface area contributed by atoms with Gasteiger partial charge in [0.15, 0.2) is 0 Å². The zero-order valence-electron chi connectivity index (χ0n) is 17.2. The fraction of sp³-hybridized carbons (Fsp3) is 0.524. The second kappa shape index (κ2) is 9.42. The van der Waals surface area contributed by atoms with Gasteiger partial charge in [0.2, 0.25) is 22.1 Å². The molecule has 2 saturated heterocycles. The molecule has 0 aliphatic carbocycles. The highest BCUT2D eigenvalue weighted by Gasteiger charge is 2.30. The van der Waals surface area contributed by atoms with Crippen molar-refractivity contribution in [3.05, 3.63) is 29.8 Å². The van der Waals surface area contributed by atoms with Crippen molar-refractivity contribution in [1.82, 2.24) is 15.5 Å². The molecule has 0 spiro atoms. The molecule has 0 radical (unpaired) electrons. The molecule has 2 fully saturated rings. The van der Waals surface area contributed by atoms with Crippen LogP contribution in [-0.2, 0) is 16.1 Å². The summed E-state index contributed by atoms with van der Waals surface area (Å²) in [6.45, 7) is 5.28. The summed E-state index contributed by atoms with van der Waals surface area (Å²) in [7, 11) is 0. The molecule has 4 rings (SSSR count). The number of benzene rings is 1. The van der Waals surface area contributed by atoms with Crippen molar-refractivity contribution in [3.8, 4) is 5.75 Å².